The highest BCUT2D eigenvalue weighted by Gasteiger charge is 2.35. The van der Waals surface area contributed by atoms with Gasteiger partial charge in [0, 0.05) is 32.0 Å². The molecule has 0 aromatic rings. The van der Waals surface area contributed by atoms with Crippen LogP contribution >= 0.6 is 0 Å². The summed E-state index contributed by atoms with van der Waals surface area (Å²) >= 11 is 0. The zero-order valence-corrected chi connectivity index (χ0v) is 10.0. The summed E-state index contributed by atoms with van der Waals surface area (Å²) in [6.45, 7) is 3.23. The van der Waals surface area contributed by atoms with Crippen molar-refractivity contribution < 1.29 is 8.78 Å². The van der Waals surface area contributed by atoms with Gasteiger partial charge in [-0.15, -0.1) is 0 Å². The average Bonchev–Trinajstić information content (AvgIpc) is 2.69. The zero-order valence-electron chi connectivity index (χ0n) is 10.0. The Kier molecular flexibility index (Phi) is 3.80. The van der Waals surface area contributed by atoms with Gasteiger partial charge in [0.25, 0.3) is 0 Å². The molecule has 0 aromatic carbocycles. The summed E-state index contributed by atoms with van der Waals surface area (Å²) in [4.78, 5) is 2.43. The molecule has 1 unspecified atom stereocenters. The second-order valence-corrected chi connectivity index (χ2v) is 5.33. The Morgan fingerprint density at radius 2 is 1.94 bits per heavy atom. The number of hydrogen-bond donors (Lipinski definition) is 1. The molecule has 0 amide bonds. The summed E-state index contributed by atoms with van der Waals surface area (Å²) < 4.78 is 26.0. The third kappa shape index (κ3) is 3.14. The van der Waals surface area contributed by atoms with Crippen LogP contribution in [0.1, 0.15) is 32.1 Å². The first-order valence-corrected chi connectivity index (χ1v) is 6.36. The predicted octanol–water partition coefficient (Wildman–Crippen LogP) is 2.11. The molecule has 2 fully saturated rings. The predicted molar refractivity (Wildman–Crippen MR) is 60.8 cm³/mol. The highest BCUT2D eigenvalue weighted by atomic mass is 19.3. The molecule has 1 aliphatic heterocycles. The van der Waals surface area contributed by atoms with E-state index in [4.69, 9.17) is 0 Å². The Bertz CT molecular complexity index is 223. The van der Waals surface area contributed by atoms with Crippen molar-refractivity contribution in [3.63, 3.8) is 0 Å². The maximum absolute atomic E-state index is 13.0. The summed E-state index contributed by atoms with van der Waals surface area (Å²) in [7, 11) is 2.00. The second kappa shape index (κ2) is 4.96. The van der Waals surface area contributed by atoms with Gasteiger partial charge in [-0.2, -0.15) is 0 Å². The lowest BCUT2D eigenvalue weighted by molar-refractivity contribution is -0.0483. The Morgan fingerprint density at radius 1 is 1.25 bits per heavy atom. The van der Waals surface area contributed by atoms with E-state index < -0.39 is 5.92 Å². The molecule has 2 nitrogen and oxygen atoms in total. The number of likely N-dealkylation sites (N-methyl/N-ethyl adjacent to an activating group) is 1. The van der Waals surface area contributed by atoms with Crippen molar-refractivity contribution in [2.75, 3.05) is 26.7 Å². The molecule has 0 bridgehead atoms. The van der Waals surface area contributed by atoms with E-state index in [0.717, 1.165) is 19.6 Å². The zero-order chi connectivity index (χ0) is 11.6. The Labute approximate surface area is 96.4 Å². The van der Waals surface area contributed by atoms with Gasteiger partial charge in [-0.1, -0.05) is 0 Å². The number of alkyl halides is 2. The lowest BCUT2D eigenvalue weighted by Crippen LogP contribution is -2.35. The number of halogens is 2. The van der Waals surface area contributed by atoms with E-state index in [1.54, 1.807) is 0 Å². The maximum atomic E-state index is 13.0. The largest absolute Gasteiger partial charge is 0.316 e. The molecular weight excluding hydrogens is 210 g/mol. The Balaban J connectivity index is 1.71. The second-order valence-electron chi connectivity index (χ2n) is 5.33. The molecule has 16 heavy (non-hydrogen) atoms. The fraction of sp³-hybridized carbons (Fsp3) is 1.00. The van der Waals surface area contributed by atoms with E-state index in [-0.39, 0.29) is 12.8 Å². The van der Waals surface area contributed by atoms with Gasteiger partial charge < -0.3 is 10.2 Å². The third-order valence-corrected chi connectivity index (χ3v) is 4.03. The quantitative estimate of drug-likeness (QED) is 0.801. The van der Waals surface area contributed by atoms with Gasteiger partial charge in [-0.25, -0.2) is 8.78 Å². The van der Waals surface area contributed by atoms with Gasteiger partial charge in [0.05, 0.1) is 0 Å². The highest BCUT2D eigenvalue weighted by molar-refractivity contribution is 4.84. The third-order valence-electron chi connectivity index (χ3n) is 4.03. The molecule has 0 aromatic heterocycles. The monoisotopic (exact) mass is 232 g/mol. The lowest BCUT2D eigenvalue weighted by atomic mass is 9.86. The van der Waals surface area contributed by atoms with E-state index in [1.807, 2.05) is 7.05 Å². The summed E-state index contributed by atoms with van der Waals surface area (Å²) in [5.41, 5.74) is 0. The van der Waals surface area contributed by atoms with E-state index in [1.165, 1.54) is 6.42 Å². The smallest absolute Gasteiger partial charge is 0.248 e. The first kappa shape index (κ1) is 12.2. The maximum Gasteiger partial charge on any atom is 0.248 e. The standard InChI is InChI=1S/C12H22F2N2/c1-15-11-4-7-16(9-11)8-10-2-5-12(13,14)6-3-10/h10-11,15H,2-9H2,1H3. The van der Waals surface area contributed by atoms with Crippen molar-refractivity contribution in [1.29, 1.82) is 0 Å². The molecular formula is C12H22F2N2. The molecule has 2 aliphatic rings. The van der Waals surface area contributed by atoms with Crippen LogP contribution in [-0.4, -0.2) is 43.5 Å². The van der Waals surface area contributed by atoms with E-state index in [9.17, 15) is 8.78 Å². The van der Waals surface area contributed by atoms with Crippen LogP contribution in [0.2, 0.25) is 0 Å². The number of likely N-dealkylation sites (tertiary alicyclic amines) is 1. The van der Waals surface area contributed by atoms with E-state index in [0.29, 0.717) is 24.8 Å². The molecule has 1 atom stereocenters. The van der Waals surface area contributed by atoms with Crippen LogP contribution in [-0.2, 0) is 0 Å². The molecule has 1 aliphatic carbocycles. The van der Waals surface area contributed by atoms with Crippen molar-refractivity contribution >= 4 is 0 Å². The summed E-state index contributed by atoms with van der Waals surface area (Å²) in [5, 5.41) is 3.28. The summed E-state index contributed by atoms with van der Waals surface area (Å²) in [5.74, 6) is -1.88. The normalized spacial score (nSPS) is 32.1. The van der Waals surface area contributed by atoms with Crippen LogP contribution in [0.5, 0.6) is 0 Å². The minimum atomic E-state index is -2.38. The minimum Gasteiger partial charge on any atom is -0.316 e. The molecule has 1 saturated heterocycles. The van der Waals surface area contributed by atoms with Gasteiger partial charge in [0.1, 0.15) is 0 Å². The fourth-order valence-electron chi connectivity index (χ4n) is 2.88. The van der Waals surface area contributed by atoms with Gasteiger partial charge in [-0.3, -0.25) is 0 Å². The lowest BCUT2D eigenvalue weighted by Gasteiger charge is -2.31. The van der Waals surface area contributed by atoms with Gasteiger partial charge in [-0.05, 0) is 38.8 Å². The van der Waals surface area contributed by atoms with Crippen LogP contribution in [0.25, 0.3) is 0 Å². The Morgan fingerprint density at radius 3 is 2.50 bits per heavy atom. The molecule has 4 heteroatoms. The number of hydrogen-bond acceptors (Lipinski definition) is 2. The molecule has 0 spiro atoms. The van der Waals surface area contributed by atoms with Gasteiger partial charge in [0.15, 0.2) is 0 Å². The van der Waals surface area contributed by atoms with E-state index in [2.05, 4.69) is 10.2 Å². The Hall–Kier alpha value is -0.220. The van der Waals surface area contributed by atoms with Crippen LogP contribution in [0.3, 0.4) is 0 Å². The van der Waals surface area contributed by atoms with Crippen molar-refractivity contribution in [3.05, 3.63) is 0 Å². The number of rotatable bonds is 3. The molecule has 1 heterocycles. The van der Waals surface area contributed by atoms with Crippen LogP contribution in [0, 0.1) is 5.92 Å². The first-order chi connectivity index (χ1) is 7.59. The van der Waals surface area contributed by atoms with Crippen LogP contribution in [0.15, 0.2) is 0 Å². The van der Waals surface area contributed by atoms with Crippen molar-refractivity contribution in [3.8, 4) is 0 Å². The topological polar surface area (TPSA) is 15.3 Å². The van der Waals surface area contributed by atoms with Crippen molar-refractivity contribution in [2.45, 2.75) is 44.1 Å². The minimum absolute atomic E-state index is 0.0982. The molecule has 1 N–H and O–H groups in total. The molecule has 1 saturated carbocycles. The fourth-order valence-corrected chi connectivity index (χ4v) is 2.88. The SMILES string of the molecule is CNC1CCN(CC2CCC(F)(F)CC2)C1. The van der Waals surface area contributed by atoms with Gasteiger partial charge >= 0.3 is 0 Å². The molecule has 94 valence electrons. The van der Waals surface area contributed by atoms with E-state index >= 15 is 0 Å². The number of nitrogens with zero attached hydrogens (tertiary/aromatic N) is 1. The van der Waals surface area contributed by atoms with Crippen LogP contribution < -0.4 is 5.32 Å². The molecule has 0 radical (unpaired) electrons. The van der Waals surface area contributed by atoms with Crippen LogP contribution in [0.4, 0.5) is 8.78 Å². The summed E-state index contributed by atoms with van der Waals surface area (Å²) in [6, 6.07) is 0.602. The van der Waals surface area contributed by atoms with Crippen molar-refractivity contribution in [2.24, 2.45) is 5.92 Å². The number of nitrogens with one attached hydrogen (secondary N) is 1. The van der Waals surface area contributed by atoms with Crippen molar-refractivity contribution in [1.82, 2.24) is 10.2 Å². The summed E-state index contributed by atoms with van der Waals surface area (Å²) in [6.07, 6.45) is 2.79. The van der Waals surface area contributed by atoms with Gasteiger partial charge in [0.2, 0.25) is 5.92 Å². The highest BCUT2D eigenvalue weighted by Crippen LogP contribution is 2.36. The molecule has 2 rings (SSSR count). The first-order valence-electron chi connectivity index (χ1n) is 6.36. The average molecular weight is 232 g/mol.